The lowest BCUT2D eigenvalue weighted by Crippen LogP contribution is -2.34. The highest BCUT2D eigenvalue weighted by Gasteiger charge is 2.30. The molecule has 0 fully saturated rings. The number of alkyl halides is 3. The molecule has 6 nitrogen and oxygen atoms in total. The van der Waals surface area contributed by atoms with Gasteiger partial charge in [-0.15, -0.1) is 0 Å². The molecule has 0 heterocycles. The molecule has 0 aliphatic rings. The zero-order chi connectivity index (χ0) is 18.6. The van der Waals surface area contributed by atoms with Crippen molar-refractivity contribution in [1.82, 2.24) is 5.32 Å². The molecule has 0 atom stereocenters. The molecule has 2 aromatic rings. The fourth-order valence-electron chi connectivity index (χ4n) is 1.87. The van der Waals surface area contributed by atoms with Crippen LogP contribution >= 0.6 is 12.2 Å². The lowest BCUT2D eigenvalue weighted by Gasteiger charge is -2.12. The molecule has 0 spiro atoms. The summed E-state index contributed by atoms with van der Waals surface area (Å²) in [5.74, 6) is -0.729. The van der Waals surface area contributed by atoms with E-state index in [0.29, 0.717) is 0 Å². The molecule has 0 saturated heterocycles. The van der Waals surface area contributed by atoms with Crippen molar-refractivity contribution >= 4 is 34.6 Å². The van der Waals surface area contributed by atoms with Crippen molar-refractivity contribution < 1.29 is 22.9 Å². The van der Waals surface area contributed by atoms with Gasteiger partial charge in [0.25, 0.3) is 11.6 Å². The monoisotopic (exact) mass is 369 g/mol. The fourth-order valence-corrected chi connectivity index (χ4v) is 2.08. The number of halogens is 3. The number of non-ortho nitro benzene ring substituents is 1. The third kappa shape index (κ3) is 4.98. The first-order valence-corrected chi connectivity index (χ1v) is 7.11. The topological polar surface area (TPSA) is 84.3 Å². The number of carbonyl (C=O) groups excluding carboxylic acids is 1. The number of benzene rings is 2. The highest BCUT2D eigenvalue weighted by molar-refractivity contribution is 7.80. The van der Waals surface area contributed by atoms with Crippen molar-refractivity contribution in [3.63, 3.8) is 0 Å². The number of rotatable bonds is 3. The Kier molecular flexibility index (Phi) is 5.32. The average molecular weight is 369 g/mol. The van der Waals surface area contributed by atoms with Gasteiger partial charge in [0, 0.05) is 23.4 Å². The van der Waals surface area contributed by atoms with Crippen LogP contribution in [-0.4, -0.2) is 15.9 Å². The summed E-state index contributed by atoms with van der Waals surface area (Å²) in [6.45, 7) is 0. The van der Waals surface area contributed by atoms with Gasteiger partial charge in [0.2, 0.25) is 0 Å². The fraction of sp³-hybridized carbons (Fsp3) is 0.0667. The molecule has 0 radical (unpaired) electrons. The summed E-state index contributed by atoms with van der Waals surface area (Å²) >= 11 is 4.88. The lowest BCUT2D eigenvalue weighted by molar-refractivity contribution is -0.384. The second-order valence-corrected chi connectivity index (χ2v) is 5.20. The van der Waals surface area contributed by atoms with Crippen LogP contribution in [0.2, 0.25) is 0 Å². The van der Waals surface area contributed by atoms with Gasteiger partial charge in [0.05, 0.1) is 10.5 Å². The molecule has 130 valence electrons. The van der Waals surface area contributed by atoms with Gasteiger partial charge in [0.1, 0.15) is 0 Å². The van der Waals surface area contributed by atoms with Gasteiger partial charge in [-0.25, -0.2) is 0 Å². The third-order valence-corrected chi connectivity index (χ3v) is 3.20. The van der Waals surface area contributed by atoms with E-state index in [2.05, 4.69) is 10.6 Å². The van der Waals surface area contributed by atoms with Crippen molar-refractivity contribution in [3.8, 4) is 0 Å². The molecule has 0 saturated carbocycles. The van der Waals surface area contributed by atoms with E-state index in [9.17, 15) is 28.1 Å². The van der Waals surface area contributed by atoms with Crippen molar-refractivity contribution in [2.24, 2.45) is 0 Å². The first-order chi connectivity index (χ1) is 11.7. The Morgan fingerprint density at radius 1 is 1.12 bits per heavy atom. The van der Waals surface area contributed by atoms with Crippen LogP contribution in [0.4, 0.5) is 24.5 Å². The van der Waals surface area contributed by atoms with E-state index < -0.39 is 22.6 Å². The van der Waals surface area contributed by atoms with E-state index in [-0.39, 0.29) is 22.1 Å². The van der Waals surface area contributed by atoms with Crippen LogP contribution < -0.4 is 10.6 Å². The van der Waals surface area contributed by atoms with Gasteiger partial charge < -0.3 is 5.32 Å². The minimum atomic E-state index is -4.51. The van der Waals surface area contributed by atoms with Crippen LogP contribution in [0.5, 0.6) is 0 Å². The first-order valence-electron chi connectivity index (χ1n) is 6.71. The number of nitro groups is 1. The van der Waals surface area contributed by atoms with Gasteiger partial charge in [-0.3, -0.25) is 20.2 Å². The van der Waals surface area contributed by atoms with E-state index in [0.717, 1.165) is 18.2 Å². The molecule has 2 aromatic carbocycles. The first kappa shape index (κ1) is 18.3. The Balaban J connectivity index is 2.06. The summed E-state index contributed by atoms with van der Waals surface area (Å²) < 4.78 is 38.0. The molecule has 0 aliphatic heterocycles. The Morgan fingerprint density at radius 3 is 2.44 bits per heavy atom. The highest BCUT2D eigenvalue weighted by atomic mass is 32.1. The summed E-state index contributed by atoms with van der Waals surface area (Å²) in [5, 5.41) is 15.2. The Labute approximate surface area is 144 Å². The molecule has 0 aliphatic carbocycles. The zero-order valence-corrected chi connectivity index (χ0v) is 13.1. The van der Waals surface area contributed by atoms with Crippen LogP contribution in [0, 0.1) is 10.1 Å². The molecule has 0 unspecified atom stereocenters. The maximum Gasteiger partial charge on any atom is 0.416 e. The molecular formula is C15H10F3N3O3S. The van der Waals surface area contributed by atoms with E-state index >= 15 is 0 Å². The summed E-state index contributed by atoms with van der Waals surface area (Å²) in [5.41, 5.74) is -1.11. The van der Waals surface area contributed by atoms with Crippen LogP contribution in [-0.2, 0) is 6.18 Å². The zero-order valence-electron chi connectivity index (χ0n) is 12.3. The number of hydrogen-bond acceptors (Lipinski definition) is 4. The minimum Gasteiger partial charge on any atom is -0.332 e. The number of nitro benzene ring substituents is 1. The Hall–Kier alpha value is -3.01. The maximum absolute atomic E-state index is 12.7. The molecule has 0 bridgehead atoms. The molecule has 0 aromatic heterocycles. The van der Waals surface area contributed by atoms with Crippen LogP contribution in [0.25, 0.3) is 0 Å². The van der Waals surface area contributed by atoms with Gasteiger partial charge in [-0.05, 0) is 36.5 Å². The van der Waals surface area contributed by atoms with E-state index in [1.165, 1.54) is 30.3 Å². The normalized spacial score (nSPS) is 10.8. The largest absolute Gasteiger partial charge is 0.416 e. The minimum absolute atomic E-state index is 0.0117. The van der Waals surface area contributed by atoms with E-state index in [4.69, 9.17) is 12.2 Å². The predicted molar refractivity (Wildman–Crippen MR) is 88.2 cm³/mol. The number of carbonyl (C=O) groups is 1. The van der Waals surface area contributed by atoms with E-state index in [1.54, 1.807) is 0 Å². The second kappa shape index (κ2) is 7.26. The van der Waals surface area contributed by atoms with Gasteiger partial charge in [0.15, 0.2) is 5.11 Å². The number of anilines is 1. The quantitative estimate of drug-likeness (QED) is 0.489. The molecule has 1 amide bonds. The number of amides is 1. The summed E-state index contributed by atoms with van der Waals surface area (Å²) in [6, 6.07) is 9.22. The molecule has 25 heavy (non-hydrogen) atoms. The lowest BCUT2D eigenvalue weighted by atomic mass is 10.2. The SMILES string of the molecule is O=C(NC(=S)Nc1cccc(C(F)(F)F)c1)c1cccc([N+](=O)[O-])c1. The summed E-state index contributed by atoms with van der Waals surface area (Å²) in [4.78, 5) is 22.0. The smallest absolute Gasteiger partial charge is 0.332 e. The number of thiocarbonyl (C=S) groups is 1. The van der Waals surface area contributed by atoms with Crippen molar-refractivity contribution in [2.45, 2.75) is 6.18 Å². The number of nitrogens with one attached hydrogen (secondary N) is 2. The summed E-state index contributed by atoms with van der Waals surface area (Å²) in [6.07, 6.45) is -4.51. The number of nitrogens with zero attached hydrogens (tertiary/aromatic N) is 1. The maximum atomic E-state index is 12.7. The predicted octanol–water partition coefficient (Wildman–Crippen LogP) is 3.74. The van der Waals surface area contributed by atoms with Crippen molar-refractivity contribution in [1.29, 1.82) is 0 Å². The molecule has 2 rings (SSSR count). The Bertz CT molecular complexity index is 840. The molecular weight excluding hydrogens is 359 g/mol. The van der Waals surface area contributed by atoms with Gasteiger partial charge in [-0.1, -0.05) is 12.1 Å². The second-order valence-electron chi connectivity index (χ2n) is 4.79. The highest BCUT2D eigenvalue weighted by Crippen LogP contribution is 2.30. The Morgan fingerprint density at radius 2 is 1.80 bits per heavy atom. The summed E-state index contributed by atoms with van der Waals surface area (Å²) in [7, 11) is 0. The van der Waals surface area contributed by atoms with Crippen molar-refractivity contribution in [2.75, 3.05) is 5.32 Å². The van der Waals surface area contributed by atoms with Gasteiger partial charge in [-0.2, -0.15) is 13.2 Å². The van der Waals surface area contributed by atoms with Crippen LogP contribution in [0.3, 0.4) is 0 Å². The van der Waals surface area contributed by atoms with Gasteiger partial charge >= 0.3 is 6.18 Å². The number of hydrogen-bond donors (Lipinski definition) is 2. The average Bonchev–Trinajstić information content (AvgIpc) is 2.54. The third-order valence-electron chi connectivity index (χ3n) is 2.99. The van der Waals surface area contributed by atoms with Crippen LogP contribution in [0.1, 0.15) is 15.9 Å². The van der Waals surface area contributed by atoms with E-state index in [1.807, 2.05) is 0 Å². The van der Waals surface area contributed by atoms with Crippen LogP contribution in [0.15, 0.2) is 48.5 Å². The van der Waals surface area contributed by atoms with Crippen molar-refractivity contribution in [3.05, 3.63) is 69.8 Å². The standard InChI is InChI=1S/C15H10F3N3O3S/c16-15(17,18)10-4-2-5-11(8-10)19-14(25)20-13(22)9-3-1-6-12(7-9)21(23)24/h1-8H,(H2,19,20,22,25). The molecule has 10 heteroatoms. The molecule has 2 N–H and O–H groups in total.